The van der Waals surface area contributed by atoms with Crippen LogP contribution in [0.3, 0.4) is 0 Å². The van der Waals surface area contributed by atoms with Crippen LogP contribution in [-0.2, 0) is 6.42 Å². The van der Waals surface area contributed by atoms with E-state index in [0.29, 0.717) is 18.2 Å². The summed E-state index contributed by atoms with van der Waals surface area (Å²) in [5, 5.41) is 2.11. The van der Waals surface area contributed by atoms with E-state index < -0.39 is 0 Å². The van der Waals surface area contributed by atoms with Gasteiger partial charge in [0.1, 0.15) is 0 Å². The Labute approximate surface area is 111 Å². The Morgan fingerprint density at radius 2 is 2.22 bits per heavy atom. The summed E-state index contributed by atoms with van der Waals surface area (Å²) < 4.78 is 2.35. The molecule has 1 atom stereocenters. The van der Waals surface area contributed by atoms with Crippen LogP contribution in [0.15, 0.2) is 23.6 Å². The number of nitrogens with zero attached hydrogens (tertiary/aromatic N) is 1. The van der Waals surface area contributed by atoms with E-state index in [2.05, 4.69) is 42.0 Å². The van der Waals surface area contributed by atoms with Gasteiger partial charge in [-0.15, -0.1) is 11.3 Å². The second-order valence-electron chi connectivity index (χ2n) is 4.98. The second kappa shape index (κ2) is 4.39. The lowest BCUT2D eigenvalue weighted by molar-refractivity contribution is 0.0971. The summed E-state index contributed by atoms with van der Waals surface area (Å²) in [5.41, 5.74) is 3.41. The molecule has 1 unspecified atom stereocenters. The highest BCUT2D eigenvalue weighted by Gasteiger charge is 2.25. The van der Waals surface area contributed by atoms with Gasteiger partial charge in [0, 0.05) is 28.2 Å². The van der Waals surface area contributed by atoms with E-state index in [-0.39, 0.29) is 0 Å². The first kappa shape index (κ1) is 11.7. The molecule has 2 aromatic rings. The highest BCUT2D eigenvalue weighted by Crippen LogP contribution is 2.32. The van der Waals surface area contributed by atoms with Crippen molar-refractivity contribution in [3.8, 4) is 0 Å². The largest absolute Gasteiger partial charge is 0.340 e. The average Bonchev–Trinajstić information content (AvgIpc) is 2.96. The highest BCUT2D eigenvalue weighted by atomic mass is 32.1. The summed E-state index contributed by atoms with van der Waals surface area (Å²) in [7, 11) is 0. The zero-order valence-electron chi connectivity index (χ0n) is 10.8. The lowest BCUT2D eigenvalue weighted by Crippen LogP contribution is -2.16. The maximum absolute atomic E-state index is 11.9. The maximum Gasteiger partial charge on any atom is 0.164 e. The molecule has 0 fully saturated rings. The summed E-state index contributed by atoms with van der Waals surface area (Å²) in [6.07, 6.45) is 2.74. The molecule has 1 aliphatic carbocycles. The number of thiophene rings is 1. The lowest BCUT2D eigenvalue weighted by atomic mass is 9.96. The molecule has 2 heterocycles. The van der Waals surface area contributed by atoms with E-state index >= 15 is 0 Å². The van der Waals surface area contributed by atoms with Crippen LogP contribution in [0, 0.1) is 6.92 Å². The molecule has 0 saturated carbocycles. The number of ketones is 1. The standard InChI is InChI=1S/C15H17NOS/c1-10-9-12-13(5-3-6-14(12)17)16(10)11(2)15-7-4-8-18-15/h4,7-9,11H,3,5-6H2,1-2H3. The lowest BCUT2D eigenvalue weighted by Gasteiger charge is -2.21. The summed E-state index contributed by atoms with van der Waals surface area (Å²) in [6, 6.07) is 6.67. The molecule has 0 bridgehead atoms. The van der Waals surface area contributed by atoms with E-state index in [1.807, 2.05) is 0 Å². The molecule has 2 aromatic heterocycles. The topological polar surface area (TPSA) is 22.0 Å². The minimum absolute atomic E-state index is 0.316. The van der Waals surface area contributed by atoms with Gasteiger partial charge in [0.25, 0.3) is 0 Å². The van der Waals surface area contributed by atoms with Gasteiger partial charge >= 0.3 is 0 Å². The molecule has 0 saturated heterocycles. The molecule has 3 rings (SSSR count). The number of hydrogen-bond donors (Lipinski definition) is 0. The molecular weight excluding hydrogens is 242 g/mol. The number of Topliss-reactive ketones (excluding diaryl/α,β-unsaturated/α-hetero) is 1. The number of carbonyl (C=O) groups excluding carboxylic acids is 1. The molecule has 1 aliphatic rings. The fourth-order valence-electron chi connectivity index (χ4n) is 2.95. The van der Waals surface area contributed by atoms with E-state index in [9.17, 15) is 4.79 Å². The summed E-state index contributed by atoms with van der Waals surface area (Å²) in [5.74, 6) is 0.316. The molecule has 18 heavy (non-hydrogen) atoms. The van der Waals surface area contributed by atoms with Crippen LogP contribution in [0.25, 0.3) is 0 Å². The van der Waals surface area contributed by atoms with E-state index in [0.717, 1.165) is 18.4 Å². The van der Waals surface area contributed by atoms with Crippen LogP contribution in [0.1, 0.15) is 52.4 Å². The first-order chi connectivity index (χ1) is 8.68. The van der Waals surface area contributed by atoms with Crippen molar-refractivity contribution >= 4 is 17.1 Å². The van der Waals surface area contributed by atoms with Gasteiger partial charge in [-0.1, -0.05) is 6.07 Å². The van der Waals surface area contributed by atoms with Crippen LogP contribution in [0.4, 0.5) is 0 Å². The van der Waals surface area contributed by atoms with Crippen molar-refractivity contribution in [2.45, 2.75) is 39.2 Å². The smallest absolute Gasteiger partial charge is 0.164 e. The van der Waals surface area contributed by atoms with Gasteiger partial charge < -0.3 is 4.57 Å². The highest BCUT2D eigenvalue weighted by molar-refractivity contribution is 7.10. The summed E-state index contributed by atoms with van der Waals surface area (Å²) in [4.78, 5) is 13.3. The minimum atomic E-state index is 0.316. The van der Waals surface area contributed by atoms with Gasteiger partial charge in [-0.05, 0) is 44.2 Å². The van der Waals surface area contributed by atoms with Gasteiger partial charge in [0.15, 0.2) is 5.78 Å². The minimum Gasteiger partial charge on any atom is -0.340 e. The van der Waals surface area contributed by atoms with Crippen LogP contribution >= 0.6 is 11.3 Å². The quantitative estimate of drug-likeness (QED) is 0.799. The van der Waals surface area contributed by atoms with Gasteiger partial charge in [0.05, 0.1) is 6.04 Å². The number of aryl methyl sites for hydroxylation is 1. The van der Waals surface area contributed by atoms with Crippen LogP contribution in [0.2, 0.25) is 0 Å². The first-order valence-electron chi connectivity index (χ1n) is 6.46. The van der Waals surface area contributed by atoms with E-state index in [4.69, 9.17) is 0 Å². The number of carbonyl (C=O) groups is 1. The molecule has 0 aromatic carbocycles. The number of rotatable bonds is 2. The van der Waals surface area contributed by atoms with Crippen molar-refractivity contribution in [1.29, 1.82) is 0 Å². The monoisotopic (exact) mass is 259 g/mol. The zero-order chi connectivity index (χ0) is 12.7. The van der Waals surface area contributed by atoms with Crippen LogP contribution in [-0.4, -0.2) is 10.4 Å². The van der Waals surface area contributed by atoms with E-state index in [1.165, 1.54) is 16.3 Å². The Morgan fingerprint density at radius 1 is 1.39 bits per heavy atom. The van der Waals surface area contributed by atoms with Crippen LogP contribution in [0.5, 0.6) is 0 Å². The Kier molecular flexibility index (Phi) is 2.86. The van der Waals surface area contributed by atoms with Gasteiger partial charge in [-0.2, -0.15) is 0 Å². The van der Waals surface area contributed by atoms with Crippen molar-refractivity contribution in [1.82, 2.24) is 4.57 Å². The third kappa shape index (κ3) is 1.74. The average molecular weight is 259 g/mol. The molecule has 2 nitrogen and oxygen atoms in total. The third-order valence-corrected chi connectivity index (χ3v) is 4.84. The number of fused-ring (bicyclic) bond motifs is 1. The van der Waals surface area contributed by atoms with Gasteiger partial charge in [0.2, 0.25) is 0 Å². The van der Waals surface area contributed by atoms with Crippen molar-refractivity contribution in [3.05, 3.63) is 45.4 Å². The molecule has 94 valence electrons. The number of aromatic nitrogens is 1. The zero-order valence-corrected chi connectivity index (χ0v) is 11.6. The second-order valence-corrected chi connectivity index (χ2v) is 5.96. The summed E-state index contributed by atoms with van der Waals surface area (Å²) >= 11 is 1.78. The molecule has 3 heteroatoms. The predicted molar refractivity (Wildman–Crippen MR) is 74.6 cm³/mol. The molecule has 0 amide bonds. The molecular formula is C15H17NOS. The fourth-order valence-corrected chi connectivity index (χ4v) is 3.72. The molecule has 0 N–H and O–H groups in total. The van der Waals surface area contributed by atoms with Crippen LogP contribution < -0.4 is 0 Å². The predicted octanol–water partition coefficient (Wildman–Crippen LogP) is 3.99. The van der Waals surface area contributed by atoms with Crippen molar-refractivity contribution in [2.75, 3.05) is 0 Å². The fraction of sp³-hybridized carbons (Fsp3) is 0.400. The molecule has 0 aliphatic heterocycles. The Bertz CT molecular complexity index is 580. The maximum atomic E-state index is 11.9. The molecule has 0 radical (unpaired) electrons. The third-order valence-electron chi connectivity index (χ3n) is 3.79. The Hall–Kier alpha value is -1.35. The van der Waals surface area contributed by atoms with E-state index in [1.54, 1.807) is 11.3 Å². The molecule has 0 spiro atoms. The SMILES string of the molecule is Cc1cc2c(n1C(C)c1cccs1)CCCC2=O. The Morgan fingerprint density at radius 3 is 2.94 bits per heavy atom. The number of hydrogen-bond acceptors (Lipinski definition) is 2. The Balaban J connectivity index is 2.10. The normalized spacial score (nSPS) is 16.7. The summed E-state index contributed by atoms with van der Waals surface area (Å²) in [6.45, 7) is 4.33. The first-order valence-corrected chi connectivity index (χ1v) is 7.33. The van der Waals surface area contributed by atoms with Gasteiger partial charge in [-0.25, -0.2) is 0 Å². The van der Waals surface area contributed by atoms with Crippen molar-refractivity contribution in [2.24, 2.45) is 0 Å². The van der Waals surface area contributed by atoms with Gasteiger partial charge in [-0.3, -0.25) is 4.79 Å². The van der Waals surface area contributed by atoms with Crippen molar-refractivity contribution < 1.29 is 4.79 Å². The van der Waals surface area contributed by atoms with Crippen molar-refractivity contribution in [3.63, 3.8) is 0 Å².